The topological polar surface area (TPSA) is 63.6 Å². The van der Waals surface area contributed by atoms with Gasteiger partial charge in [-0.3, -0.25) is 4.21 Å². The lowest BCUT2D eigenvalue weighted by Crippen LogP contribution is -2.02. The van der Waals surface area contributed by atoms with Crippen molar-refractivity contribution in [2.24, 2.45) is 0 Å². The van der Waals surface area contributed by atoms with Crippen LogP contribution < -0.4 is 4.52 Å². The van der Waals surface area contributed by atoms with Crippen LogP contribution in [0.4, 0.5) is 8.78 Å². The van der Waals surface area contributed by atoms with Crippen LogP contribution in [0.25, 0.3) is 6.08 Å². The lowest BCUT2D eigenvalue weighted by atomic mass is 10.2. The van der Waals surface area contributed by atoms with Crippen molar-refractivity contribution in [3.05, 3.63) is 70.2 Å². The summed E-state index contributed by atoms with van der Waals surface area (Å²) in [5.74, 6) is 0.445. The molecule has 0 saturated carbocycles. The summed E-state index contributed by atoms with van der Waals surface area (Å²) in [6, 6.07) is 14.0. The van der Waals surface area contributed by atoms with Gasteiger partial charge in [-0.05, 0) is 39.2 Å². The van der Waals surface area contributed by atoms with Gasteiger partial charge < -0.3 is 9.42 Å². The smallest absolute Gasteiger partial charge is 0.420 e. The fourth-order valence-corrected chi connectivity index (χ4v) is 4.12. The largest absolute Gasteiger partial charge is 0.442 e. The highest BCUT2D eigenvalue weighted by Crippen LogP contribution is 2.50. The van der Waals surface area contributed by atoms with Crippen molar-refractivity contribution in [1.29, 1.82) is 0 Å². The van der Waals surface area contributed by atoms with E-state index in [0.717, 1.165) is 5.56 Å². The number of rotatable bonds is 8. The molecule has 9 heteroatoms. The molecule has 0 aliphatic carbocycles. The van der Waals surface area contributed by atoms with Crippen LogP contribution in [0.1, 0.15) is 11.1 Å². The van der Waals surface area contributed by atoms with Crippen LogP contribution in [0.3, 0.4) is 0 Å². The van der Waals surface area contributed by atoms with E-state index in [1.165, 1.54) is 18.2 Å². The molecule has 0 spiro atoms. The first kappa shape index (κ1) is 21.0. The van der Waals surface area contributed by atoms with Gasteiger partial charge in [0.2, 0.25) is 0 Å². The van der Waals surface area contributed by atoms with E-state index in [1.54, 1.807) is 0 Å². The Morgan fingerprint density at radius 3 is 2.54 bits per heavy atom. The fourth-order valence-electron chi connectivity index (χ4n) is 1.99. The molecule has 26 heavy (non-hydrogen) atoms. The molecular weight excluding hydrogens is 449 g/mol. The number of hydrogen-bond donors (Lipinski definition) is 1. The molecule has 2 unspecified atom stereocenters. The summed E-state index contributed by atoms with van der Waals surface area (Å²) in [5, 5.41) is 0. The second-order valence-electron chi connectivity index (χ2n) is 5.26. The van der Waals surface area contributed by atoms with E-state index < -0.39 is 24.6 Å². The van der Waals surface area contributed by atoms with Gasteiger partial charge in [-0.25, -0.2) is 4.57 Å². The first-order valence-corrected chi connectivity index (χ1v) is 11.4. The molecule has 4 nitrogen and oxygen atoms in total. The zero-order valence-corrected chi connectivity index (χ0v) is 16.7. The molecule has 0 amide bonds. The minimum atomic E-state index is -5.03. The van der Waals surface area contributed by atoms with Crippen molar-refractivity contribution in [2.45, 2.75) is 11.9 Å². The first-order chi connectivity index (χ1) is 12.3. The van der Waals surface area contributed by atoms with Crippen molar-refractivity contribution in [3.8, 4) is 5.75 Å². The van der Waals surface area contributed by atoms with Gasteiger partial charge in [-0.15, -0.1) is 0 Å². The Hall–Kier alpha value is -1.34. The molecule has 1 N–H and O–H groups in total. The van der Waals surface area contributed by atoms with Crippen LogP contribution in [0.15, 0.2) is 59.1 Å². The highest BCUT2D eigenvalue weighted by atomic mass is 79.9. The summed E-state index contributed by atoms with van der Waals surface area (Å²) < 4.78 is 53.0. The fraction of sp³-hybridized carbons (Fsp3) is 0.176. The lowest BCUT2D eigenvalue weighted by molar-refractivity contribution is 0.188. The summed E-state index contributed by atoms with van der Waals surface area (Å²) in [6.45, 7) is 0. The van der Waals surface area contributed by atoms with Gasteiger partial charge >= 0.3 is 13.8 Å². The third-order valence-electron chi connectivity index (χ3n) is 3.19. The summed E-state index contributed by atoms with van der Waals surface area (Å²) in [6.07, 6.45) is 0.217. The molecule has 0 aromatic heterocycles. The van der Waals surface area contributed by atoms with Gasteiger partial charge in [0, 0.05) is 22.3 Å². The Kier molecular flexibility index (Phi) is 7.70. The van der Waals surface area contributed by atoms with Crippen LogP contribution >= 0.6 is 23.5 Å². The van der Waals surface area contributed by atoms with Gasteiger partial charge in [-0.2, -0.15) is 8.78 Å². The summed E-state index contributed by atoms with van der Waals surface area (Å²) in [4.78, 5) is 9.08. The Bertz CT molecular complexity index is 846. The molecule has 140 valence electrons. The predicted octanol–water partition coefficient (Wildman–Crippen LogP) is 5.20. The molecule has 0 aliphatic rings. The van der Waals surface area contributed by atoms with E-state index in [-0.39, 0.29) is 16.0 Å². The van der Waals surface area contributed by atoms with E-state index in [1.807, 2.05) is 42.5 Å². The van der Waals surface area contributed by atoms with Crippen molar-refractivity contribution in [3.63, 3.8) is 0 Å². The third-order valence-corrected chi connectivity index (χ3v) is 5.98. The van der Waals surface area contributed by atoms with Gasteiger partial charge in [0.1, 0.15) is 5.75 Å². The minimum Gasteiger partial charge on any atom is -0.420 e. The molecule has 2 rings (SSSR count). The second-order valence-corrected chi connectivity index (χ2v) is 9.32. The Balaban J connectivity index is 1.95. The SMILES string of the molecule is O=S(CC=Cc1ccccc1)Cc1ccc(OP(=O)(O)C(F)F)c(Br)c1. The molecule has 0 saturated heterocycles. The molecule has 2 aromatic carbocycles. The number of benzene rings is 2. The normalized spacial score (nSPS) is 15.1. The molecule has 0 aliphatic heterocycles. The summed E-state index contributed by atoms with van der Waals surface area (Å²) in [7, 11) is -6.19. The zero-order valence-electron chi connectivity index (χ0n) is 13.4. The van der Waals surface area contributed by atoms with E-state index in [4.69, 9.17) is 4.89 Å². The molecule has 0 radical (unpaired) electrons. The van der Waals surface area contributed by atoms with Gasteiger partial charge in [0.05, 0.1) is 4.47 Å². The zero-order chi connectivity index (χ0) is 19.2. The maximum absolute atomic E-state index is 12.4. The van der Waals surface area contributed by atoms with Crippen LogP contribution in [-0.4, -0.2) is 21.0 Å². The second kappa shape index (κ2) is 9.55. The molecular formula is C17H16BrF2O4PS. The van der Waals surface area contributed by atoms with E-state index in [9.17, 15) is 17.6 Å². The third kappa shape index (κ3) is 6.43. The van der Waals surface area contributed by atoms with Gasteiger partial charge in [0.25, 0.3) is 0 Å². The summed E-state index contributed by atoms with van der Waals surface area (Å²) >= 11 is 3.11. The average molecular weight is 465 g/mol. The average Bonchev–Trinajstić information content (AvgIpc) is 2.58. The van der Waals surface area contributed by atoms with E-state index >= 15 is 0 Å². The molecule has 0 heterocycles. The maximum atomic E-state index is 12.4. The summed E-state index contributed by atoms with van der Waals surface area (Å²) in [5.41, 5.74) is 1.70. The first-order valence-electron chi connectivity index (χ1n) is 7.43. The van der Waals surface area contributed by atoms with E-state index in [0.29, 0.717) is 11.3 Å². The monoisotopic (exact) mass is 464 g/mol. The Morgan fingerprint density at radius 1 is 1.23 bits per heavy atom. The highest BCUT2D eigenvalue weighted by molar-refractivity contribution is 9.10. The number of halogens is 3. The van der Waals surface area contributed by atoms with Crippen molar-refractivity contribution >= 4 is 40.4 Å². The molecule has 0 bridgehead atoms. The van der Waals surface area contributed by atoms with Gasteiger partial charge in [0.15, 0.2) is 0 Å². The number of hydrogen-bond acceptors (Lipinski definition) is 3. The van der Waals surface area contributed by atoms with Crippen LogP contribution in [0, 0.1) is 0 Å². The lowest BCUT2D eigenvalue weighted by Gasteiger charge is -2.14. The predicted molar refractivity (Wildman–Crippen MR) is 103 cm³/mol. The quantitative estimate of drug-likeness (QED) is 0.545. The Morgan fingerprint density at radius 2 is 1.92 bits per heavy atom. The molecule has 2 atom stereocenters. The Labute approximate surface area is 161 Å². The number of alkyl halides is 2. The standard InChI is InChI=1S/C17H16BrF2O4PS/c18-15-11-14(8-9-16(15)24-25(21,22)17(19)20)12-26(23)10-4-7-13-5-2-1-3-6-13/h1-9,11,17H,10,12H2,(H,21,22). The minimum absolute atomic E-state index is 0.172. The van der Waals surface area contributed by atoms with Crippen LogP contribution in [0.5, 0.6) is 5.75 Å². The highest BCUT2D eigenvalue weighted by Gasteiger charge is 2.34. The maximum Gasteiger partial charge on any atom is 0.442 e. The van der Waals surface area contributed by atoms with Crippen molar-refractivity contribution in [1.82, 2.24) is 0 Å². The van der Waals surface area contributed by atoms with Crippen LogP contribution in [-0.2, 0) is 21.1 Å². The van der Waals surface area contributed by atoms with Crippen molar-refractivity contribution in [2.75, 3.05) is 5.75 Å². The van der Waals surface area contributed by atoms with E-state index in [2.05, 4.69) is 20.5 Å². The van der Waals surface area contributed by atoms with Gasteiger partial charge in [-0.1, -0.05) is 48.6 Å². The van der Waals surface area contributed by atoms with Crippen molar-refractivity contribution < 1.29 is 27.0 Å². The molecule has 0 fully saturated rings. The van der Waals surface area contributed by atoms with Crippen LogP contribution in [0.2, 0.25) is 0 Å². The molecule has 2 aromatic rings.